The number of halogens is 5. The number of hydrogen-bond acceptors (Lipinski definition) is 2. The predicted molar refractivity (Wildman–Crippen MR) is 75.7 cm³/mol. The molecule has 0 aromatic heterocycles. The second-order valence-electron chi connectivity index (χ2n) is 5.95. The van der Waals surface area contributed by atoms with Gasteiger partial charge >= 0.3 is 6.18 Å². The van der Waals surface area contributed by atoms with Gasteiger partial charge < -0.3 is 5.11 Å². The van der Waals surface area contributed by atoms with Crippen molar-refractivity contribution in [2.75, 3.05) is 13.1 Å². The number of benzene rings is 1. The molecule has 7 heteroatoms. The van der Waals surface area contributed by atoms with Crippen molar-refractivity contribution in [1.82, 2.24) is 4.90 Å². The van der Waals surface area contributed by atoms with Crippen LogP contribution in [0.1, 0.15) is 37.8 Å². The number of aliphatic hydroxyl groups excluding tert-OH is 1. The molecule has 2 nitrogen and oxygen atoms in total. The highest BCUT2D eigenvalue weighted by atomic mass is 19.4. The third-order valence-corrected chi connectivity index (χ3v) is 4.51. The Morgan fingerprint density at radius 3 is 2.30 bits per heavy atom. The quantitative estimate of drug-likeness (QED) is 0.838. The van der Waals surface area contributed by atoms with Crippen molar-refractivity contribution in [3.8, 4) is 0 Å². The molecule has 23 heavy (non-hydrogen) atoms. The molecular formula is C16H20F5NO. The Morgan fingerprint density at radius 2 is 1.83 bits per heavy atom. The molecule has 1 aromatic carbocycles. The minimum Gasteiger partial charge on any atom is -0.383 e. The van der Waals surface area contributed by atoms with Crippen LogP contribution in [0.3, 0.4) is 0 Å². The van der Waals surface area contributed by atoms with E-state index in [0.29, 0.717) is 25.1 Å². The first-order valence-electron chi connectivity index (χ1n) is 7.67. The fourth-order valence-electron chi connectivity index (χ4n) is 3.26. The number of likely N-dealkylation sites (tertiary alicyclic amines) is 1. The Hall–Kier alpha value is -1.21. The van der Waals surface area contributed by atoms with E-state index in [4.69, 9.17) is 0 Å². The summed E-state index contributed by atoms with van der Waals surface area (Å²) in [5.41, 5.74) is 0.351. The van der Waals surface area contributed by atoms with Crippen molar-refractivity contribution >= 4 is 0 Å². The van der Waals surface area contributed by atoms with E-state index in [-0.39, 0.29) is 18.9 Å². The minimum atomic E-state index is -4.61. The molecule has 0 saturated carbocycles. The van der Waals surface area contributed by atoms with Gasteiger partial charge in [0.2, 0.25) is 0 Å². The van der Waals surface area contributed by atoms with E-state index in [1.807, 2.05) is 11.8 Å². The summed E-state index contributed by atoms with van der Waals surface area (Å²) < 4.78 is 64.7. The van der Waals surface area contributed by atoms with E-state index in [1.54, 1.807) is 0 Å². The topological polar surface area (TPSA) is 23.5 Å². The highest BCUT2D eigenvalue weighted by Crippen LogP contribution is 2.35. The molecule has 1 heterocycles. The van der Waals surface area contributed by atoms with Gasteiger partial charge in [-0.2, -0.15) is 13.2 Å². The third kappa shape index (κ3) is 4.20. The number of nitrogens with zero attached hydrogens (tertiary/aromatic N) is 1. The van der Waals surface area contributed by atoms with E-state index >= 15 is 0 Å². The van der Waals surface area contributed by atoms with Crippen LogP contribution in [0.15, 0.2) is 18.2 Å². The number of rotatable bonds is 4. The Morgan fingerprint density at radius 1 is 1.22 bits per heavy atom. The molecule has 1 aromatic rings. The fourth-order valence-corrected chi connectivity index (χ4v) is 3.26. The summed E-state index contributed by atoms with van der Waals surface area (Å²) >= 11 is 0. The molecule has 1 saturated heterocycles. The van der Waals surface area contributed by atoms with E-state index < -0.39 is 29.8 Å². The number of aliphatic hydroxyl groups is 1. The smallest absolute Gasteiger partial charge is 0.383 e. The van der Waals surface area contributed by atoms with Gasteiger partial charge in [0.25, 0.3) is 0 Å². The molecule has 1 aliphatic rings. The second kappa shape index (κ2) is 7.13. The Bertz CT molecular complexity index is 526. The summed E-state index contributed by atoms with van der Waals surface area (Å²) in [6.45, 7) is 2.53. The van der Waals surface area contributed by atoms with Gasteiger partial charge in [-0.25, -0.2) is 8.78 Å². The van der Waals surface area contributed by atoms with Crippen molar-refractivity contribution in [1.29, 1.82) is 0 Å². The standard InChI is InChI=1S/C16H20F5NO/c1-2-14(12-4-3-11(17)9-13(12)18)22-7-5-10(6-8-22)15(23)16(19,20)21/h3-4,9-10,14-15,23H,2,5-8H2,1H3. The maximum absolute atomic E-state index is 13.9. The summed E-state index contributed by atoms with van der Waals surface area (Å²) in [6, 6.07) is 3.08. The average molecular weight is 337 g/mol. The molecule has 2 unspecified atom stereocenters. The summed E-state index contributed by atoms with van der Waals surface area (Å²) in [5.74, 6) is -2.13. The van der Waals surface area contributed by atoms with E-state index in [0.717, 1.165) is 6.07 Å². The van der Waals surface area contributed by atoms with Gasteiger partial charge in [0.05, 0.1) is 0 Å². The van der Waals surface area contributed by atoms with Crippen molar-refractivity contribution in [3.63, 3.8) is 0 Å². The van der Waals surface area contributed by atoms with E-state index in [9.17, 15) is 27.1 Å². The lowest BCUT2D eigenvalue weighted by atomic mass is 9.89. The molecule has 0 amide bonds. The molecular weight excluding hydrogens is 317 g/mol. The van der Waals surface area contributed by atoms with Crippen LogP contribution in [-0.4, -0.2) is 35.4 Å². The van der Waals surface area contributed by atoms with E-state index in [2.05, 4.69) is 0 Å². The molecule has 1 aliphatic heterocycles. The van der Waals surface area contributed by atoms with Gasteiger partial charge in [-0.05, 0) is 44.3 Å². The molecule has 0 aliphatic carbocycles. The fraction of sp³-hybridized carbons (Fsp3) is 0.625. The van der Waals surface area contributed by atoms with Crippen LogP contribution >= 0.6 is 0 Å². The van der Waals surface area contributed by atoms with Crippen molar-refractivity contribution in [3.05, 3.63) is 35.4 Å². The van der Waals surface area contributed by atoms with Gasteiger partial charge in [-0.3, -0.25) is 4.90 Å². The molecule has 130 valence electrons. The van der Waals surface area contributed by atoms with Crippen molar-refractivity contribution in [2.45, 2.75) is 44.5 Å². The zero-order valence-corrected chi connectivity index (χ0v) is 12.8. The lowest BCUT2D eigenvalue weighted by molar-refractivity contribution is -0.223. The Labute approximate surface area is 131 Å². The Kier molecular flexibility index (Phi) is 5.62. The first-order chi connectivity index (χ1) is 10.7. The summed E-state index contributed by atoms with van der Waals surface area (Å²) in [7, 11) is 0. The maximum atomic E-state index is 13.9. The van der Waals surface area contributed by atoms with Crippen LogP contribution in [0.2, 0.25) is 0 Å². The van der Waals surface area contributed by atoms with Crippen LogP contribution in [0.4, 0.5) is 22.0 Å². The Balaban J connectivity index is 2.05. The molecule has 0 radical (unpaired) electrons. The third-order valence-electron chi connectivity index (χ3n) is 4.51. The first kappa shape index (κ1) is 18.1. The summed E-state index contributed by atoms with van der Waals surface area (Å²) in [4.78, 5) is 1.90. The summed E-state index contributed by atoms with van der Waals surface area (Å²) in [6.07, 6.45) is -5.97. The van der Waals surface area contributed by atoms with Crippen LogP contribution in [0.5, 0.6) is 0 Å². The molecule has 2 rings (SSSR count). The summed E-state index contributed by atoms with van der Waals surface area (Å²) in [5, 5.41) is 9.34. The molecule has 1 N–H and O–H groups in total. The molecule has 0 bridgehead atoms. The first-order valence-corrected chi connectivity index (χ1v) is 7.67. The second-order valence-corrected chi connectivity index (χ2v) is 5.95. The monoisotopic (exact) mass is 337 g/mol. The number of hydrogen-bond donors (Lipinski definition) is 1. The van der Waals surface area contributed by atoms with Crippen LogP contribution < -0.4 is 0 Å². The zero-order chi connectivity index (χ0) is 17.2. The van der Waals surface area contributed by atoms with Crippen molar-refractivity contribution < 1.29 is 27.1 Å². The van der Waals surface area contributed by atoms with Crippen LogP contribution in [-0.2, 0) is 0 Å². The lowest BCUT2D eigenvalue weighted by Crippen LogP contribution is -2.44. The SMILES string of the molecule is CCC(c1ccc(F)cc1F)N1CCC(C(O)C(F)(F)F)CC1. The van der Waals surface area contributed by atoms with Crippen molar-refractivity contribution in [2.24, 2.45) is 5.92 Å². The highest BCUT2D eigenvalue weighted by molar-refractivity contribution is 5.22. The number of alkyl halides is 3. The molecule has 2 atom stereocenters. The zero-order valence-electron chi connectivity index (χ0n) is 12.8. The highest BCUT2D eigenvalue weighted by Gasteiger charge is 2.44. The largest absolute Gasteiger partial charge is 0.414 e. The van der Waals surface area contributed by atoms with Crippen LogP contribution in [0, 0.1) is 17.6 Å². The van der Waals surface area contributed by atoms with Gasteiger partial charge in [-0.1, -0.05) is 13.0 Å². The number of piperidine rings is 1. The lowest BCUT2D eigenvalue weighted by Gasteiger charge is -2.39. The van der Waals surface area contributed by atoms with Gasteiger partial charge in [0.15, 0.2) is 6.10 Å². The maximum Gasteiger partial charge on any atom is 0.414 e. The molecule has 0 spiro atoms. The predicted octanol–water partition coefficient (Wildman–Crippen LogP) is 4.05. The van der Waals surface area contributed by atoms with Gasteiger partial charge in [0, 0.05) is 17.7 Å². The molecule has 1 fully saturated rings. The van der Waals surface area contributed by atoms with Crippen LogP contribution in [0.25, 0.3) is 0 Å². The normalized spacial score (nSPS) is 20.5. The van der Waals surface area contributed by atoms with Gasteiger partial charge in [-0.15, -0.1) is 0 Å². The average Bonchev–Trinajstić information content (AvgIpc) is 2.49. The van der Waals surface area contributed by atoms with Gasteiger partial charge in [0.1, 0.15) is 11.6 Å². The minimum absolute atomic E-state index is 0.194. The van der Waals surface area contributed by atoms with E-state index in [1.165, 1.54) is 12.1 Å².